The third-order valence-corrected chi connectivity index (χ3v) is 3.70. The topological polar surface area (TPSA) is 47.6 Å². The molecule has 0 aliphatic carbocycles. The average Bonchev–Trinajstić information content (AvgIpc) is 2.20. The van der Waals surface area contributed by atoms with Crippen molar-refractivity contribution in [2.24, 2.45) is 0 Å². The largest absolute Gasteiger partial charge is 0.465 e. The van der Waals surface area contributed by atoms with E-state index in [0.29, 0.717) is 6.61 Å². The summed E-state index contributed by atoms with van der Waals surface area (Å²) >= 11 is 0. The van der Waals surface area contributed by atoms with Gasteiger partial charge >= 0.3 is 5.97 Å². The molecule has 0 bridgehead atoms. The van der Waals surface area contributed by atoms with Gasteiger partial charge < -0.3 is 14.8 Å². The van der Waals surface area contributed by atoms with Crippen LogP contribution in [0, 0.1) is 0 Å². The molecule has 0 atom stereocenters. The van der Waals surface area contributed by atoms with Gasteiger partial charge in [-0.15, -0.1) is 0 Å². The van der Waals surface area contributed by atoms with Gasteiger partial charge in [0.1, 0.15) is 6.61 Å². The second-order valence-electron chi connectivity index (χ2n) is 2.70. The summed E-state index contributed by atoms with van der Waals surface area (Å²) in [4.78, 5) is 10.4. The van der Waals surface area contributed by atoms with Crippen molar-refractivity contribution in [2.45, 2.75) is 6.92 Å². The van der Waals surface area contributed by atoms with E-state index < -0.39 is 0 Å². The molecule has 0 fully saturated rings. The van der Waals surface area contributed by atoms with Gasteiger partial charge in [-0.3, -0.25) is 4.79 Å². The Morgan fingerprint density at radius 3 is 2.47 bits per heavy atom. The Morgan fingerprint density at radius 2 is 1.87 bits per heavy atom. The zero-order valence-corrected chi connectivity index (χ0v) is 10.9. The highest BCUT2D eigenvalue weighted by Gasteiger charge is 1.94. The van der Waals surface area contributed by atoms with Crippen molar-refractivity contribution in [1.29, 1.82) is 0 Å². The minimum Gasteiger partial charge on any atom is -0.465 e. The summed E-state index contributed by atoms with van der Waals surface area (Å²) in [5.74, 6) is 1.59. The molecule has 0 rings (SSSR count). The predicted octanol–water partition coefficient (Wildman–Crippen LogP) is 1.17. The minimum atomic E-state index is -0.212. The van der Waals surface area contributed by atoms with Gasteiger partial charge in [0.2, 0.25) is 0 Å². The molecule has 6 heteroatoms. The van der Waals surface area contributed by atoms with E-state index in [1.807, 2.05) is 7.05 Å². The standard InChI is InChI=1S/C9H19NO3S2/c1-9(11)13-6-8-15-14-7-5-12-4-3-10-2/h10H,3-8H2,1-2H3. The molecule has 4 nitrogen and oxygen atoms in total. The van der Waals surface area contributed by atoms with E-state index in [9.17, 15) is 4.79 Å². The van der Waals surface area contributed by atoms with Crippen molar-refractivity contribution in [2.75, 3.05) is 44.9 Å². The summed E-state index contributed by atoms with van der Waals surface area (Å²) in [7, 11) is 5.35. The molecular weight excluding hydrogens is 234 g/mol. The van der Waals surface area contributed by atoms with Crippen LogP contribution < -0.4 is 5.32 Å². The van der Waals surface area contributed by atoms with Crippen molar-refractivity contribution < 1.29 is 14.3 Å². The van der Waals surface area contributed by atoms with Gasteiger partial charge in [0.05, 0.1) is 13.2 Å². The monoisotopic (exact) mass is 253 g/mol. The zero-order valence-electron chi connectivity index (χ0n) is 9.28. The van der Waals surface area contributed by atoms with E-state index in [0.717, 1.165) is 31.3 Å². The van der Waals surface area contributed by atoms with E-state index in [4.69, 9.17) is 9.47 Å². The van der Waals surface area contributed by atoms with Gasteiger partial charge in [-0.25, -0.2) is 0 Å². The number of carbonyl (C=O) groups excluding carboxylic acids is 1. The number of ether oxygens (including phenoxy) is 2. The maximum absolute atomic E-state index is 10.4. The molecule has 0 aromatic rings. The number of esters is 1. The third kappa shape index (κ3) is 14.1. The van der Waals surface area contributed by atoms with Crippen LogP contribution in [-0.4, -0.2) is 50.9 Å². The molecule has 0 unspecified atom stereocenters. The molecule has 0 aliphatic rings. The van der Waals surface area contributed by atoms with Gasteiger partial charge in [-0.1, -0.05) is 21.6 Å². The van der Waals surface area contributed by atoms with Crippen LogP contribution in [0.1, 0.15) is 6.92 Å². The molecule has 0 radical (unpaired) electrons. The molecule has 90 valence electrons. The summed E-state index contributed by atoms with van der Waals surface area (Å²) in [6, 6.07) is 0. The van der Waals surface area contributed by atoms with Crippen LogP contribution >= 0.6 is 21.6 Å². The first kappa shape index (κ1) is 15.1. The predicted molar refractivity (Wildman–Crippen MR) is 66.3 cm³/mol. The zero-order chi connectivity index (χ0) is 11.4. The Bertz CT molecular complexity index is 158. The van der Waals surface area contributed by atoms with Crippen LogP contribution in [0.5, 0.6) is 0 Å². The van der Waals surface area contributed by atoms with Gasteiger partial charge in [0.25, 0.3) is 0 Å². The molecule has 0 amide bonds. The molecule has 1 N–H and O–H groups in total. The van der Waals surface area contributed by atoms with Crippen LogP contribution in [-0.2, 0) is 14.3 Å². The fourth-order valence-electron chi connectivity index (χ4n) is 0.707. The Labute approximate surface area is 99.2 Å². The normalized spacial score (nSPS) is 10.3. The molecule has 0 heterocycles. The van der Waals surface area contributed by atoms with Crippen molar-refractivity contribution in [3.8, 4) is 0 Å². The Hall–Kier alpha value is 0.0900. The molecule has 0 aromatic carbocycles. The van der Waals surface area contributed by atoms with Gasteiger partial charge in [0.15, 0.2) is 0 Å². The molecule has 0 aromatic heterocycles. The summed E-state index contributed by atoms with van der Waals surface area (Å²) < 4.78 is 10.1. The van der Waals surface area contributed by atoms with E-state index >= 15 is 0 Å². The van der Waals surface area contributed by atoms with Gasteiger partial charge in [-0.05, 0) is 7.05 Å². The number of hydrogen-bond donors (Lipinski definition) is 1. The Morgan fingerprint density at radius 1 is 1.20 bits per heavy atom. The van der Waals surface area contributed by atoms with Crippen molar-refractivity contribution in [3.63, 3.8) is 0 Å². The first-order valence-corrected chi connectivity index (χ1v) is 7.36. The SMILES string of the molecule is CNCCOCCSSCCOC(C)=O. The summed E-state index contributed by atoms with van der Waals surface area (Å²) in [6.07, 6.45) is 0. The van der Waals surface area contributed by atoms with Gasteiger partial charge in [-0.2, -0.15) is 0 Å². The molecule has 15 heavy (non-hydrogen) atoms. The second-order valence-corrected chi connectivity index (χ2v) is 5.40. The van der Waals surface area contributed by atoms with Crippen molar-refractivity contribution in [3.05, 3.63) is 0 Å². The quantitative estimate of drug-likeness (QED) is 0.358. The maximum atomic E-state index is 10.4. The molecule has 0 saturated carbocycles. The van der Waals surface area contributed by atoms with Crippen molar-refractivity contribution in [1.82, 2.24) is 5.32 Å². The lowest BCUT2D eigenvalue weighted by atomic mass is 10.7. The van der Waals surface area contributed by atoms with E-state index in [-0.39, 0.29) is 5.97 Å². The fourth-order valence-corrected chi connectivity index (χ4v) is 2.39. The van der Waals surface area contributed by atoms with E-state index in [1.54, 1.807) is 21.6 Å². The van der Waals surface area contributed by atoms with Crippen molar-refractivity contribution >= 4 is 27.6 Å². The summed E-state index contributed by atoms with van der Waals surface area (Å²) in [5.41, 5.74) is 0. The summed E-state index contributed by atoms with van der Waals surface area (Å²) in [5, 5.41) is 3.01. The number of hydrogen-bond acceptors (Lipinski definition) is 6. The fraction of sp³-hybridized carbons (Fsp3) is 0.889. The first-order valence-electron chi connectivity index (χ1n) is 4.87. The van der Waals surface area contributed by atoms with Crippen LogP contribution in [0.2, 0.25) is 0 Å². The minimum absolute atomic E-state index is 0.212. The second kappa shape index (κ2) is 12.2. The van der Waals surface area contributed by atoms with E-state index in [1.165, 1.54) is 6.92 Å². The Kier molecular flexibility index (Phi) is 12.2. The third-order valence-electron chi connectivity index (χ3n) is 1.36. The first-order chi connectivity index (χ1) is 7.27. The lowest BCUT2D eigenvalue weighted by Gasteiger charge is -2.03. The molecule has 0 aliphatic heterocycles. The van der Waals surface area contributed by atoms with Crippen LogP contribution in [0.15, 0.2) is 0 Å². The molecule has 0 saturated heterocycles. The van der Waals surface area contributed by atoms with Crippen LogP contribution in [0.25, 0.3) is 0 Å². The van der Waals surface area contributed by atoms with Crippen LogP contribution in [0.4, 0.5) is 0 Å². The number of carbonyl (C=O) groups is 1. The highest BCUT2D eigenvalue weighted by atomic mass is 33.1. The number of nitrogens with one attached hydrogen (secondary N) is 1. The highest BCUT2D eigenvalue weighted by Crippen LogP contribution is 2.20. The van der Waals surface area contributed by atoms with E-state index in [2.05, 4.69) is 5.32 Å². The molecule has 0 spiro atoms. The number of likely N-dealkylation sites (N-methyl/N-ethyl adjacent to an activating group) is 1. The maximum Gasteiger partial charge on any atom is 0.302 e. The highest BCUT2D eigenvalue weighted by molar-refractivity contribution is 8.76. The smallest absolute Gasteiger partial charge is 0.302 e. The Balaban J connectivity index is 2.89. The lowest BCUT2D eigenvalue weighted by molar-refractivity contribution is -0.140. The number of rotatable bonds is 10. The molecular formula is C9H19NO3S2. The average molecular weight is 253 g/mol. The van der Waals surface area contributed by atoms with Gasteiger partial charge in [0, 0.05) is 25.0 Å². The lowest BCUT2D eigenvalue weighted by Crippen LogP contribution is -2.14. The summed E-state index contributed by atoms with van der Waals surface area (Å²) in [6.45, 7) is 4.34. The van der Waals surface area contributed by atoms with Crippen LogP contribution in [0.3, 0.4) is 0 Å².